The second-order valence-corrected chi connectivity index (χ2v) is 10.3. The van der Waals surface area contributed by atoms with Gasteiger partial charge < -0.3 is 0 Å². The highest BCUT2D eigenvalue weighted by atomic mass is 32.2. The summed E-state index contributed by atoms with van der Waals surface area (Å²) in [6, 6.07) is 0. The Hall–Kier alpha value is 0.700. The smallest absolute Gasteiger partial charge is 0.00779 e. The van der Waals surface area contributed by atoms with Gasteiger partial charge >= 0.3 is 0 Å². The molecule has 0 aromatic rings. The van der Waals surface area contributed by atoms with Crippen molar-refractivity contribution < 1.29 is 0 Å². The summed E-state index contributed by atoms with van der Waals surface area (Å²) in [5.41, 5.74) is 0. The van der Waals surface area contributed by atoms with Gasteiger partial charge in [0.25, 0.3) is 0 Å². The molecule has 4 unspecified atom stereocenters. The van der Waals surface area contributed by atoms with E-state index in [2.05, 4.69) is 30.4 Å². The molecule has 2 aliphatic heterocycles. The zero-order chi connectivity index (χ0) is 14.5. The van der Waals surface area contributed by atoms with Gasteiger partial charge in [-0.1, -0.05) is 39.0 Å². The molecule has 1 saturated carbocycles. The van der Waals surface area contributed by atoms with Crippen LogP contribution in [0.5, 0.6) is 0 Å². The molecule has 4 atom stereocenters. The average molecular weight is 327 g/mol. The van der Waals surface area contributed by atoms with Gasteiger partial charge in [-0.2, -0.15) is 23.5 Å². The van der Waals surface area contributed by atoms with E-state index in [1.165, 1.54) is 82.1 Å². The number of hydrogen-bond acceptors (Lipinski definition) is 2. The highest BCUT2D eigenvalue weighted by Crippen LogP contribution is 2.46. The van der Waals surface area contributed by atoms with Crippen molar-refractivity contribution in [1.29, 1.82) is 0 Å². The Labute approximate surface area is 141 Å². The van der Waals surface area contributed by atoms with E-state index < -0.39 is 0 Å². The molecular formula is C19H34S2. The summed E-state index contributed by atoms with van der Waals surface area (Å²) in [7, 11) is 0. The van der Waals surface area contributed by atoms with E-state index in [0.29, 0.717) is 0 Å². The van der Waals surface area contributed by atoms with Crippen LogP contribution in [-0.2, 0) is 0 Å². The van der Waals surface area contributed by atoms with Crippen molar-refractivity contribution >= 4 is 23.5 Å². The lowest BCUT2D eigenvalue weighted by Gasteiger charge is -2.42. The summed E-state index contributed by atoms with van der Waals surface area (Å²) in [4.78, 5) is 0. The summed E-state index contributed by atoms with van der Waals surface area (Å²) >= 11 is 4.66. The monoisotopic (exact) mass is 326 g/mol. The molecule has 0 amide bonds. The molecule has 2 heteroatoms. The Morgan fingerprint density at radius 1 is 0.571 bits per heavy atom. The molecule has 3 aliphatic rings. The van der Waals surface area contributed by atoms with Crippen molar-refractivity contribution in [3.63, 3.8) is 0 Å². The highest BCUT2D eigenvalue weighted by molar-refractivity contribution is 8.00. The summed E-state index contributed by atoms with van der Waals surface area (Å²) in [6.45, 7) is 2.64. The molecule has 2 saturated heterocycles. The molecule has 0 N–H and O–H groups in total. The zero-order valence-electron chi connectivity index (χ0n) is 13.9. The molecule has 122 valence electrons. The third-order valence-electron chi connectivity index (χ3n) is 6.31. The summed E-state index contributed by atoms with van der Waals surface area (Å²) < 4.78 is 0. The third kappa shape index (κ3) is 4.37. The second kappa shape index (κ2) is 8.52. The van der Waals surface area contributed by atoms with Crippen molar-refractivity contribution in [3.05, 3.63) is 0 Å². The number of hydrogen-bond donors (Lipinski definition) is 0. The Morgan fingerprint density at radius 3 is 1.48 bits per heavy atom. The fraction of sp³-hybridized carbons (Fsp3) is 1.00. The summed E-state index contributed by atoms with van der Waals surface area (Å²) in [5, 5.41) is 2.01. The van der Waals surface area contributed by atoms with Gasteiger partial charge in [-0.05, 0) is 67.8 Å². The van der Waals surface area contributed by atoms with Gasteiger partial charge in [-0.25, -0.2) is 0 Å². The molecular weight excluding hydrogens is 292 g/mol. The van der Waals surface area contributed by atoms with Crippen LogP contribution in [0.25, 0.3) is 0 Å². The van der Waals surface area contributed by atoms with Crippen molar-refractivity contribution in [2.24, 2.45) is 17.8 Å². The molecule has 1 aliphatic carbocycles. The molecule has 3 rings (SSSR count). The van der Waals surface area contributed by atoms with Crippen molar-refractivity contribution in [1.82, 2.24) is 0 Å². The predicted molar refractivity (Wildman–Crippen MR) is 99.4 cm³/mol. The predicted octanol–water partition coefficient (Wildman–Crippen LogP) is 6.39. The standard InChI is InChI=1S/C19H34S2/c1-15-16(18-11-5-7-13-20-18)9-3-2-4-10-17(15)19-12-6-8-14-21-19/h15-19H,2-14H2,1H3. The Bertz CT molecular complexity index is 264. The van der Waals surface area contributed by atoms with Gasteiger partial charge in [0.05, 0.1) is 0 Å². The first-order chi connectivity index (χ1) is 10.4. The van der Waals surface area contributed by atoms with Crippen LogP contribution in [0.4, 0.5) is 0 Å². The molecule has 3 fully saturated rings. The maximum absolute atomic E-state index is 2.64. The molecule has 0 aromatic carbocycles. The van der Waals surface area contributed by atoms with Gasteiger partial charge in [0.15, 0.2) is 0 Å². The van der Waals surface area contributed by atoms with Gasteiger partial charge in [0, 0.05) is 10.5 Å². The fourth-order valence-electron chi connectivity index (χ4n) is 5.04. The van der Waals surface area contributed by atoms with E-state index in [1.807, 2.05) is 0 Å². The lowest BCUT2D eigenvalue weighted by molar-refractivity contribution is 0.180. The van der Waals surface area contributed by atoms with Crippen LogP contribution in [0.2, 0.25) is 0 Å². The van der Waals surface area contributed by atoms with Crippen molar-refractivity contribution in [3.8, 4) is 0 Å². The van der Waals surface area contributed by atoms with Crippen LogP contribution in [0, 0.1) is 17.8 Å². The SMILES string of the molecule is CC1C(C2CCCCS2)CCCCCC1C1CCCCS1. The topological polar surface area (TPSA) is 0 Å². The third-order valence-corrected chi connectivity index (χ3v) is 9.39. The van der Waals surface area contributed by atoms with Crippen molar-refractivity contribution in [2.45, 2.75) is 88.1 Å². The molecule has 0 radical (unpaired) electrons. The fourth-order valence-corrected chi connectivity index (χ4v) is 8.31. The minimum absolute atomic E-state index is 0.983. The first kappa shape index (κ1) is 16.6. The molecule has 0 bridgehead atoms. The van der Waals surface area contributed by atoms with Crippen LogP contribution in [0.15, 0.2) is 0 Å². The Morgan fingerprint density at radius 2 is 1.05 bits per heavy atom. The van der Waals surface area contributed by atoms with Crippen LogP contribution in [0.3, 0.4) is 0 Å². The Kier molecular flexibility index (Phi) is 6.72. The van der Waals surface area contributed by atoms with E-state index in [4.69, 9.17) is 0 Å². The van der Waals surface area contributed by atoms with Gasteiger partial charge in [-0.15, -0.1) is 0 Å². The van der Waals surface area contributed by atoms with E-state index >= 15 is 0 Å². The first-order valence-electron chi connectivity index (χ1n) is 9.59. The largest absolute Gasteiger partial charge is 0.158 e. The summed E-state index contributed by atoms with van der Waals surface area (Å²) in [6.07, 6.45) is 16.6. The summed E-state index contributed by atoms with van der Waals surface area (Å²) in [5.74, 6) is 5.93. The van der Waals surface area contributed by atoms with Crippen molar-refractivity contribution in [2.75, 3.05) is 11.5 Å². The zero-order valence-corrected chi connectivity index (χ0v) is 15.5. The lowest BCUT2D eigenvalue weighted by atomic mass is 9.71. The second-order valence-electron chi connectivity index (χ2n) is 7.63. The minimum atomic E-state index is 0.983. The van der Waals surface area contributed by atoms with Gasteiger partial charge in [0.1, 0.15) is 0 Å². The number of thioether (sulfide) groups is 2. The van der Waals surface area contributed by atoms with Crippen LogP contribution >= 0.6 is 23.5 Å². The minimum Gasteiger partial charge on any atom is -0.158 e. The Balaban J connectivity index is 1.68. The normalized spacial score (nSPS) is 43.0. The maximum atomic E-state index is 2.64. The quantitative estimate of drug-likeness (QED) is 0.576. The van der Waals surface area contributed by atoms with E-state index in [9.17, 15) is 0 Å². The van der Waals surface area contributed by atoms with E-state index in [-0.39, 0.29) is 0 Å². The molecule has 0 aromatic heterocycles. The molecule has 21 heavy (non-hydrogen) atoms. The van der Waals surface area contributed by atoms with Crippen LogP contribution < -0.4 is 0 Å². The van der Waals surface area contributed by atoms with E-state index in [1.54, 1.807) is 0 Å². The van der Waals surface area contributed by atoms with E-state index in [0.717, 1.165) is 28.3 Å². The van der Waals surface area contributed by atoms with Crippen LogP contribution in [-0.4, -0.2) is 22.0 Å². The highest BCUT2D eigenvalue weighted by Gasteiger charge is 2.37. The molecule has 0 spiro atoms. The molecule has 0 nitrogen and oxygen atoms in total. The first-order valence-corrected chi connectivity index (χ1v) is 11.7. The maximum Gasteiger partial charge on any atom is 0.00779 e. The average Bonchev–Trinajstić information content (AvgIpc) is 2.53. The van der Waals surface area contributed by atoms with Gasteiger partial charge in [0.2, 0.25) is 0 Å². The van der Waals surface area contributed by atoms with Gasteiger partial charge in [-0.3, -0.25) is 0 Å². The lowest BCUT2D eigenvalue weighted by Crippen LogP contribution is -2.36. The number of rotatable bonds is 2. The molecule has 2 heterocycles. The van der Waals surface area contributed by atoms with Crippen LogP contribution in [0.1, 0.15) is 77.6 Å².